The number of rotatable bonds is 7. The van der Waals surface area contributed by atoms with E-state index in [1.165, 1.54) is 0 Å². The molecule has 4 nitrogen and oxygen atoms in total. The van der Waals surface area contributed by atoms with Crippen LogP contribution in [0.25, 0.3) is 0 Å². The molecule has 0 aromatic heterocycles. The Morgan fingerprint density at radius 1 is 1.32 bits per heavy atom. The van der Waals surface area contributed by atoms with Crippen molar-refractivity contribution in [2.45, 2.75) is 26.4 Å². The van der Waals surface area contributed by atoms with E-state index in [1.54, 1.807) is 13.2 Å². The minimum absolute atomic E-state index is 0.227. The van der Waals surface area contributed by atoms with Gasteiger partial charge in [-0.05, 0) is 26.1 Å². The summed E-state index contributed by atoms with van der Waals surface area (Å²) in [5.74, 6) is 1.29. The summed E-state index contributed by atoms with van der Waals surface area (Å²) in [6, 6.07) is 5.96. The first-order chi connectivity index (χ1) is 8.95. The third-order valence-electron chi connectivity index (χ3n) is 3.22. The first-order valence-corrected chi connectivity index (χ1v) is 6.68. The second kappa shape index (κ2) is 7.36. The van der Waals surface area contributed by atoms with E-state index in [2.05, 4.69) is 38.2 Å². The maximum atomic E-state index is 10.0. The lowest BCUT2D eigenvalue weighted by molar-refractivity contribution is 0.286. The van der Waals surface area contributed by atoms with Gasteiger partial charge >= 0.3 is 0 Å². The third-order valence-corrected chi connectivity index (χ3v) is 3.22. The van der Waals surface area contributed by atoms with E-state index in [0.29, 0.717) is 24.3 Å². The van der Waals surface area contributed by atoms with Gasteiger partial charge in [0.1, 0.15) is 0 Å². The lowest BCUT2D eigenvalue weighted by Crippen LogP contribution is -2.41. The highest BCUT2D eigenvalue weighted by molar-refractivity contribution is 5.45. The molecule has 1 unspecified atom stereocenters. The van der Waals surface area contributed by atoms with Crippen LogP contribution in [0, 0.1) is 5.92 Å². The number of ether oxygens (including phenoxy) is 1. The molecule has 0 spiro atoms. The molecular formula is C15H26N2O2. The van der Waals surface area contributed by atoms with Crippen molar-refractivity contribution < 1.29 is 9.84 Å². The highest BCUT2D eigenvalue weighted by Gasteiger charge is 2.15. The van der Waals surface area contributed by atoms with Crippen LogP contribution in [0.5, 0.6) is 11.5 Å². The average Bonchev–Trinajstić information content (AvgIpc) is 2.35. The predicted molar refractivity (Wildman–Crippen MR) is 78.7 cm³/mol. The van der Waals surface area contributed by atoms with Gasteiger partial charge in [-0.2, -0.15) is 0 Å². The zero-order valence-corrected chi connectivity index (χ0v) is 12.6. The van der Waals surface area contributed by atoms with Crippen LogP contribution in [0.4, 0.5) is 0 Å². The molecule has 0 aliphatic rings. The fourth-order valence-corrected chi connectivity index (χ4v) is 2.02. The summed E-state index contributed by atoms with van der Waals surface area (Å²) >= 11 is 0. The van der Waals surface area contributed by atoms with E-state index in [9.17, 15) is 5.11 Å². The summed E-state index contributed by atoms with van der Waals surface area (Å²) in [6.45, 7) is 6.02. The van der Waals surface area contributed by atoms with Crippen molar-refractivity contribution in [1.29, 1.82) is 0 Å². The molecule has 0 saturated heterocycles. The summed E-state index contributed by atoms with van der Waals surface area (Å²) < 4.78 is 5.12. The first-order valence-electron chi connectivity index (χ1n) is 6.68. The quantitative estimate of drug-likeness (QED) is 0.793. The van der Waals surface area contributed by atoms with E-state index in [4.69, 9.17) is 4.74 Å². The largest absolute Gasteiger partial charge is 0.504 e. The molecule has 0 heterocycles. The standard InChI is InChI=1S/C15H26N2O2/c1-11(2)13(10-17(3)4)16-9-12-7-6-8-14(19-5)15(12)18/h6-8,11,13,16,18H,9-10H2,1-5H3. The van der Waals surface area contributed by atoms with Crippen LogP contribution < -0.4 is 10.1 Å². The normalized spacial score (nSPS) is 13.0. The highest BCUT2D eigenvalue weighted by Crippen LogP contribution is 2.29. The number of aromatic hydroxyl groups is 1. The van der Waals surface area contributed by atoms with Crippen LogP contribution in [-0.2, 0) is 6.54 Å². The molecule has 1 aromatic carbocycles. The molecule has 0 radical (unpaired) electrons. The SMILES string of the molecule is COc1cccc(CNC(CN(C)C)C(C)C)c1O. The molecule has 1 atom stereocenters. The van der Waals surface area contributed by atoms with Gasteiger partial charge in [0.25, 0.3) is 0 Å². The zero-order valence-electron chi connectivity index (χ0n) is 12.6. The van der Waals surface area contributed by atoms with Crippen molar-refractivity contribution >= 4 is 0 Å². The van der Waals surface area contributed by atoms with Crippen molar-refractivity contribution in [2.75, 3.05) is 27.7 Å². The number of hydrogen-bond donors (Lipinski definition) is 2. The van der Waals surface area contributed by atoms with Crippen molar-refractivity contribution in [2.24, 2.45) is 5.92 Å². The Labute approximate surface area is 116 Å². The van der Waals surface area contributed by atoms with E-state index in [-0.39, 0.29) is 5.75 Å². The molecule has 0 saturated carbocycles. The Balaban J connectivity index is 2.69. The van der Waals surface area contributed by atoms with Crippen LogP contribution >= 0.6 is 0 Å². The van der Waals surface area contributed by atoms with E-state index >= 15 is 0 Å². The maximum Gasteiger partial charge on any atom is 0.162 e. The number of benzene rings is 1. The monoisotopic (exact) mass is 266 g/mol. The van der Waals surface area contributed by atoms with Gasteiger partial charge < -0.3 is 20.1 Å². The summed E-state index contributed by atoms with van der Waals surface area (Å²) in [7, 11) is 5.70. The molecule has 2 N–H and O–H groups in total. The number of phenolic OH excluding ortho intramolecular Hbond substituents is 1. The maximum absolute atomic E-state index is 10.0. The van der Waals surface area contributed by atoms with Gasteiger partial charge in [-0.1, -0.05) is 26.0 Å². The minimum Gasteiger partial charge on any atom is -0.504 e. The third kappa shape index (κ3) is 4.73. The topological polar surface area (TPSA) is 44.7 Å². The summed E-state index contributed by atoms with van der Waals surface area (Å²) in [5.41, 5.74) is 0.865. The second-order valence-electron chi connectivity index (χ2n) is 5.46. The number of nitrogens with zero attached hydrogens (tertiary/aromatic N) is 1. The van der Waals surface area contributed by atoms with Gasteiger partial charge in [-0.25, -0.2) is 0 Å². The molecule has 0 fully saturated rings. The van der Waals surface area contributed by atoms with Gasteiger partial charge in [0.15, 0.2) is 11.5 Å². The summed E-state index contributed by atoms with van der Waals surface area (Å²) in [6.07, 6.45) is 0. The highest BCUT2D eigenvalue weighted by atomic mass is 16.5. The number of methoxy groups -OCH3 is 1. The van der Waals surface area contributed by atoms with Crippen molar-refractivity contribution in [3.63, 3.8) is 0 Å². The Morgan fingerprint density at radius 3 is 2.53 bits per heavy atom. The molecule has 1 rings (SSSR count). The van der Waals surface area contributed by atoms with Gasteiger partial charge in [0.2, 0.25) is 0 Å². The number of phenols is 1. The Hall–Kier alpha value is -1.26. The molecule has 0 bridgehead atoms. The van der Waals surface area contributed by atoms with E-state index < -0.39 is 0 Å². The fourth-order valence-electron chi connectivity index (χ4n) is 2.02. The van der Waals surface area contributed by atoms with Crippen LogP contribution in [-0.4, -0.2) is 43.8 Å². The van der Waals surface area contributed by atoms with Crippen molar-refractivity contribution in [3.8, 4) is 11.5 Å². The van der Waals surface area contributed by atoms with E-state index in [1.807, 2.05) is 12.1 Å². The average molecular weight is 266 g/mol. The van der Waals surface area contributed by atoms with E-state index in [0.717, 1.165) is 12.1 Å². The molecule has 108 valence electrons. The second-order valence-corrected chi connectivity index (χ2v) is 5.46. The molecule has 0 amide bonds. The zero-order chi connectivity index (χ0) is 14.4. The molecule has 19 heavy (non-hydrogen) atoms. The Morgan fingerprint density at radius 2 is 2.00 bits per heavy atom. The molecule has 0 aliphatic heterocycles. The first kappa shape index (κ1) is 15.8. The van der Waals surface area contributed by atoms with Crippen LogP contribution in [0.3, 0.4) is 0 Å². The van der Waals surface area contributed by atoms with Gasteiger partial charge in [-0.3, -0.25) is 0 Å². The van der Waals surface area contributed by atoms with Gasteiger partial charge in [0, 0.05) is 24.7 Å². The van der Waals surface area contributed by atoms with Gasteiger partial charge in [0.05, 0.1) is 7.11 Å². The summed E-state index contributed by atoms with van der Waals surface area (Å²) in [4.78, 5) is 2.17. The van der Waals surface area contributed by atoms with Crippen LogP contribution in [0.1, 0.15) is 19.4 Å². The Bertz CT molecular complexity index is 392. The minimum atomic E-state index is 0.227. The molecular weight excluding hydrogens is 240 g/mol. The number of nitrogens with one attached hydrogen (secondary N) is 1. The summed E-state index contributed by atoms with van der Waals surface area (Å²) in [5, 5.41) is 13.5. The molecule has 0 aliphatic carbocycles. The van der Waals surface area contributed by atoms with Crippen LogP contribution in [0.15, 0.2) is 18.2 Å². The number of para-hydroxylation sites is 1. The van der Waals surface area contributed by atoms with Crippen molar-refractivity contribution in [3.05, 3.63) is 23.8 Å². The predicted octanol–water partition coefficient (Wildman–Crippen LogP) is 2.08. The molecule has 4 heteroatoms. The molecule has 1 aromatic rings. The number of hydrogen-bond acceptors (Lipinski definition) is 4. The lowest BCUT2D eigenvalue weighted by atomic mass is 10.0. The van der Waals surface area contributed by atoms with Gasteiger partial charge in [-0.15, -0.1) is 0 Å². The van der Waals surface area contributed by atoms with Crippen LogP contribution in [0.2, 0.25) is 0 Å². The smallest absolute Gasteiger partial charge is 0.162 e. The van der Waals surface area contributed by atoms with Crippen molar-refractivity contribution in [1.82, 2.24) is 10.2 Å². The Kier molecular flexibility index (Phi) is 6.12. The fraction of sp³-hybridized carbons (Fsp3) is 0.600. The number of likely N-dealkylation sites (N-methyl/N-ethyl adjacent to an activating group) is 1. The lowest BCUT2D eigenvalue weighted by Gasteiger charge is -2.26.